The lowest BCUT2D eigenvalue weighted by molar-refractivity contribution is -0.148. The first-order valence-electron chi connectivity index (χ1n) is 7.67. The monoisotopic (exact) mass is 302 g/mol. The minimum atomic E-state index is -1.34. The quantitative estimate of drug-likeness (QED) is 0.398. The Labute approximate surface area is 125 Å². The van der Waals surface area contributed by atoms with E-state index in [1.807, 2.05) is 0 Å². The maximum absolute atomic E-state index is 11.5. The topological polar surface area (TPSA) is 96.2 Å². The second kappa shape index (κ2) is 9.63. The summed E-state index contributed by atoms with van der Waals surface area (Å²) < 4.78 is 10.0. The highest BCUT2D eigenvalue weighted by atomic mass is 16.6. The van der Waals surface area contributed by atoms with E-state index in [2.05, 4.69) is 6.92 Å². The van der Waals surface area contributed by atoms with Gasteiger partial charge in [0.05, 0.1) is 13.2 Å². The Hall–Kier alpha value is -1.27. The van der Waals surface area contributed by atoms with Crippen LogP contribution in [-0.2, 0) is 14.3 Å². The van der Waals surface area contributed by atoms with Gasteiger partial charge in [-0.3, -0.25) is 0 Å². The van der Waals surface area contributed by atoms with Crippen molar-refractivity contribution in [2.24, 2.45) is 0 Å². The first-order valence-corrected chi connectivity index (χ1v) is 7.67. The predicted molar refractivity (Wildman–Crippen MR) is 76.6 cm³/mol. The van der Waals surface area contributed by atoms with Crippen LogP contribution in [0, 0.1) is 0 Å². The molecular formula is C15H26O6. The summed E-state index contributed by atoms with van der Waals surface area (Å²) in [6.45, 7) is 1.90. The van der Waals surface area contributed by atoms with Crippen LogP contribution in [0.25, 0.3) is 0 Å². The Morgan fingerprint density at radius 3 is 2.43 bits per heavy atom. The van der Waals surface area contributed by atoms with Crippen LogP contribution in [0.4, 0.5) is 0 Å². The van der Waals surface area contributed by atoms with Crippen LogP contribution >= 0.6 is 0 Å². The summed E-state index contributed by atoms with van der Waals surface area (Å²) in [6, 6.07) is 0. The lowest BCUT2D eigenvalue weighted by Crippen LogP contribution is -2.31. The molecule has 0 aromatic carbocycles. The number of aliphatic hydroxyl groups is 3. The number of cyclic esters (lactones) is 1. The number of hydrogen-bond donors (Lipinski definition) is 3. The molecule has 0 aliphatic carbocycles. The number of aliphatic hydroxyl groups excluding tert-OH is 3. The van der Waals surface area contributed by atoms with Crippen LogP contribution in [0.2, 0.25) is 0 Å². The summed E-state index contributed by atoms with van der Waals surface area (Å²) in [7, 11) is 0. The molecule has 0 fully saturated rings. The van der Waals surface area contributed by atoms with Gasteiger partial charge >= 0.3 is 5.97 Å². The van der Waals surface area contributed by atoms with E-state index in [0.717, 1.165) is 19.3 Å². The molecule has 0 radical (unpaired) electrons. The van der Waals surface area contributed by atoms with Gasteiger partial charge in [0.2, 0.25) is 5.76 Å². The summed E-state index contributed by atoms with van der Waals surface area (Å²) in [4.78, 5) is 11.5. The van der Waals surface area contributed by atoms with Crippen molar-refractivity contribution in [1.29, 1.82) is 0 Å². The van der Waals surface area contributed by atoms with Gasteiger partial charge in [-0.1, -0.05) is 45.4 Å². The van der Waals surface area contributed by atoms with Gasteiger partial charge in [0.25, 0.3) is 0 Å². The van der Waals surface area contributed by atoms with Crippen molar-refractivity contribution in [3.05, 3.63) is 11.5 Å². The summed E-state index contributed by atoms with van der Waals surface area (Å²) in [5.41, 5.74) is 0. The maximum atomic E-state index is 11.5. The van der Waals surface area contributed by atoms with Crippen molar-refractivity contribution in [3.8, 4) is 0 Å². The van der Waals surface area contributed by atoms with E-state index < -0.39 is 30.5 Å². The third-order valence-electron chi connectivity index (χ3n) is 3.45. The first-order chi connectivity index (χ1) is 10.1. The van der Waals surface area contributed by atoms with E-state index in [4.69, 9.17) is 14.6 Å². The van der Waals surface area contributed by atoms with Crippen LogP contribution in [0.1, 0.15) is 51.9 Å². The van der Waals surface area contributed by atoms with Crippen LogP contribution in [0.5, 0.6) is 0 Å². The normalized spacial score (nSPS) is 19.8. The van der Waals surface area contributed by atoms with Gasteiger partial charge in [-0.2, -0.15) is 0 Å². The fraction of sp³-hybridized carbons (Fsp3) is 0.800. The first kappa shape index (κ1) is 17.8. The van der Waals surface area contributed by atoms with Gasteiger partial charge in [-0.05, 0) is 6.42 Å². The minimum Gasteiger partial charge on any atom is -0.505 e. The second-order valence-corrected chi connectivity index (χ2v) is 5.26. The van der Waals surface area contributed by atoms with Crippen molar-refractivity contribution < 1.29 is 29.6 Å². The van der Waals surface area contributed by atoms with Crippen molar-refractivity contribution in [2.45, 2.75) is 64.1 Å². The van der Waals surface area contributed by atoms with E-state index >= 15 is 0 Å². The summed E-state index contributed by atoms with van der Waals surface area (Å²) in [6.07, 6.45) is 5.30. The van der Waals surface area contributed by atoms with E-state index in [0.29, 0.717) is 6.61 Å². The average Bonchev–Trinajstić information content (AvgIpc) is 2.76. The van der Waals surface area contributed by atoms with Crippen molar-refractivity contribution in [2.75, 3.05) is 13.2 Å². The van der Waals surface area contributed by atoms with Crippen LogP contribution in [0.15, 0.2) is 11.5 Å². The highest BCUT2D eigenvalue weighted by molar-refractivity contribution is 5.89. The standard InChI is InChI=1S/C15H26O6/c1-2-3-4-5-6-7-8-9-20-14-12(18)13(11(17)10-16)21-15(14)19/h11,13,16-18H,2-10H2,1H3. The number of esters is 1. The highest BCUT2D eigenvalue weighted by Crippen LogP contribution is 2.24. The molecule has 3 N–H and O–H groups in total. The molecule has 0 saturated carbocycles. The number of unbranched alkanes of at least 4 members (excludes halogenated alkanes) is 6. The number of carbonyl (C=O) groups is 1. The zero-order valence-corrected chi connectivity index (χ0v) is 12.6. The molecule has 122 valence electrons. The molecule has 0 spiro atoms. The zero-order chi connectivity index (χ0) is 15.7. The molecule has 2 unspecified atom stereocenters. The van der Waals surface area contributed by atoms with E-state index in [9.17, 15) is 15.0 Å². The number of carbonyl (C=O) groups excluding carboxylic acids is 1. The van der Waals surface area contributed by atoms with Gasteiger partial charge in [0, 0.05) is 0 Å². The largest absolute Gasteiger partial charge is 0.505 e. The Balaban J connectivity index is 2.24. The predicted octanol–water partition coefficient (Wildman–Crippen LogP) is 1.80. The molecule has 1 aliphatic rings. The van der Waals surface area contributed by atoms with Crippen LogP contribution in [-0.4, -0.2) is 46.7 Å². The van der Waals surface area contributed by atoms with Gasteiger partial charge in [0.1, 0.15) is 6.10 Å². The molecule has 1 aliphatic heterocycles. The lowest BCUT2D eigenvalue weighted by Gasteiger charge is -2.13. The molecule has 6 heteroatoms. The highest BCUT2D eigenvalue weighted by Gasteiger charge is 2.40. The zero-order valence-electron chi connectivity index (χ0n) is 12.6. The fourth-order valence-electron chi connectivity index (χ4n) is 2.18. The van der Waals surface area contributed by atoms with Crippen LogP contribution in [0.3, 0.4) is 0 Å². The number of ether oxygens (including phenoxy) is 2. The third-order valence-corrected chi connectivity index (χ3v) is 3.45. The van der Waals surface area contributed by atoms with Crippen molar-refractivity contribution in [3.63, 3.8) is 0 Å². The molecule has 1 heterocycles. The Kier molecular flexibility index (Phi) is 8.15. The van der Waals surface area contributed by atoms with Gasteiger partial charge < -0.3 is 24.8 Å². The van der Waals surface area contributed by atoms with E-state index in [1.54, 1.807) is 0 Å². The molecule has 21 heavy (non-hydrogen) atoms. The third kappa shape index (κ3) is 5.55. The molecule has 0 aromatic heterocycles. The molecule has 6 nitrogen and oxygen atoms in total. The van der Waals surface area contributed by atoms with Crippen molar-refractivity contribution in [1.82, 2.24) is 0 Å². The Bertz CT molecular complexity index is 352. The number of hydrogen-bond acceptors (Lipinski definition) is 6. The molecule has 0 aromatic rings. The average molecular weight is 302 g/mol. The van der Waals surface area contributed by atoms with Gasteiger partial charge in [-0.25, -0.2) is 4.79 Å². The van der Waals surface area contributed by atoms with Crippen LogP contribution < -0.4 is 0 Å². The van der Waals surface area contributed by atoms with Gasteiger partial charge in [0.15, 0.2) is 11.9 Å². The molecule has 2 atom stereocenters. The molecular weight excluding hydrogens is 276 g/mol. The van der Waals surface area contributed by atoms with Crippen molar-refractivity contribution >= 4 is 5.97 Å². The summed E-state index contributed by atoms with van der Waals surface area (Å²) in [5, 5.41) is 28.0. The molecule has 0 bridgehead atoms. The SMILES string of the molecule is CCCCCCCCCOC1=C(O)C(C(O)CO)OC1=O. The molecule has 0 amide bonds. The minimum absolute atomic E-state index is 0.251. The smallest absolute Gasteiger partial charge is 0.378 e. The Morgan fingerprint density at radius 1 is 1.19 bits per heavy atom. The number of rotatable bonds is 11. The Morgan fingerprint density at radius 2 is 1.81 bits per heavy atom. The fourth-order valence-corrected chi connectivity index (χ4v) is 2.18. The maximum Gasteiger partial charge on any atom is 0.378 e. The molecule has 1 rings (SSSR count). The summed E-state index contributed by atoms with van der Waals surface area (Å²) in [5.74, 6) is -1.49. The van der Waals surface area contributed by atoms with E-state index in [1.165, 1.54) is 25.7 Å². The van der Waals surface area contributed by atoms with Gasteiger partial charge in [-0.15, -0.1) is 0 Å². The lowest BCUT2D eigenvalue weighted by atomic mass is 10.1. The summed E-state index contributed by atoms with van der Waals surface area (Å²) >= 11 is 0. The van der Waals surface area contributed by atoms with E-state index in [-0.39, 0.29) is 5.76 Å². The second-order valence-electron chi connectivity index (χ2n) is 5.26. The molecule has 0 saturated heterocycles.